The van der Waals surface area contributed by atoms with Crippen LogP contribution in [0.2, 0.25) is 0 Å². The predicted octanol–water partition coefficient (Wildman–Crippen LogP) is 1.02. The van der Waals surface area contributed by atoms with E-state index in [1.165, 1.54) is 0 Å². The molecule has 12 atom stereocenters. The van der Waals surface area contributed by atoms with Crippen LogP contribution in [-0.2, 0) is 9.47 Å². The Morgan fingerprint density at radius 2 is 1.93 bits per heavy atom. The average molecular weight is 408 g/mol. The standard InChI is InChI=1S/C23H37NO5/c1-5-24-11-20(2)7-6-16(25)23-13-8-12-14(28-3)9-22(29-4,17(13)18(12)26)21(27,19(23)24)10-15(20)23/h12-19,25-27H,5-11H2,1-4H3/t12-,13-,14+,15-,16+,17-,18+,19-,20+,21-,22-,23-/m1/s1. The number of nitrogens with zero attached hydrogens (tertiary/aromatic N) is 1. The summed E-state index contributed by atoms with van der Waals surface area (Å²) in [4.78, 5) is 2.46. The summed E-state index contributed by atoms with van der Waals surface area (Å²) in [5.74, 6) is 0.353. The summed E-state index contributed by atoms with van der Waals surface area (Å²) in [7, 11) is 3.43. The number of aliphatic hydroxyl groups is 3. The minimum Gasteiger partial charge on any atom is -0.392 e. The smallest absolute Gasteiger partial charge is 0.110 e. The van der Waals surface area contributed by atoms with Crippen LogP contribution in [0.4, 0.5) is 0 Å². The number of likely N-dealkylation sites (N-methyl/N-ethyl adjacent to an activating group) is 1. The molecule has 7 bridgehead atoms. The van der Waals surface area contributed by atoms with E-state index in [1.54, 1.807) is 14.2 Å². The number of ether oxygens (including phenoxy) is 2. The molecule has 0 unspecified atom stereocenters. The van der Waals surface area contributed by atoms with E-state index in [0.29, 0.717) is 12.8 Å². The van der Waals surface area contributed by atoms with Gasteiger partial charge in [-0.05, 0) is 49.5 Å². The van der Waals surface area contributed by atoms with E-state index in [1.807, 2.05) is 0 Å². The molecule has 1 heterocycles. The Balaban J connectivity index is 1.65. The van der Waals surface area contributed by atoms with Crippen molar-refractivity contribution >= 4 is 0 Å². The van der Waals surface area contributed by atoms with Crippen molar-refractivity contribution in [2.75, 3.05) is 27.3 Å². The number of fused-ring (bicyclic) bond motifs is 2. The van der Waals surface area contributed by atoms with Crippen LogP contribution >= 0.6 is 0 Å². The van der Waals surface area contributed by atoms with E-state index in [4.69, 9.17) is 9.47 Å². The van der Waals surface area contributed by atoms with E-state index in [9.17, 15) is 15.3 Å². The van der Waals surface area contributed by atoms with Crippen LogP contribution in [0, 0.1) is 34.5 Å². The Morgan fingerprint density at radius 3 is 2.59 bits per heavy atom. The summed E-state index contributed by atoms with van der Waals surface area (Å²) in [6, 6.07) is -0.115. The molecule has 6 rings (SSSR count). The molecular weight excluding hydrogens is 370 g/mol. The highest BCUT2D eigenvalue weighted by Gasteiger charge is 2.88. The molecule has 6 fully saturated rings. The molecule has 1 saturated heterocycles. The largest absolute Gasteiger partial charge is 0.392 e. The Hall–Kier alpha value is -0.240. The third kappa shape index (κ3) is 1.74. The SMILES string of the molecule is CCN1C[C@]2(C)CC[C@H](O)[C@@]34[C@@H]5C[C@H]6[C@H](O)[C@@H]5[C@](OC)(C[C@@H]6OC)[C@@](O)(C[C@H]23)[C@@H]14. The van der Waals surface area contributed by atoms with Gasteiger partial charge in [-0.1, -0.05) is 13.8 Å². The van der Waals surface area contributed by atoms with Crippen LogP contribution in [0.15, 0.2) is 0 Å². The zero-order valence-electron chi connectivity index (χ0n) is 18.2. The first-order chi connectivity index (χ1) is 13.7. The zero-order chi connectivity index (χ0) is 20.6. The third-order valence-corrected chi connectivity index (χ3v) is 11.1. The summed E-state index contributed by atoms with van der Waals surface area (Å²) in [5.41, 5.74) is -2.18. The minimum absolute atomic E-state index is 0.0618. The minimum atomic E-state index is -1.08. The second kappa shape index (κ2) is 5.57. The molecule has 0 aromatic rings. The predicted molar refractivity (Wildman–Crippen MR) is 106 cm³/mol. The normalized spacial score (nSPS) is 65.1. The van der Waals surface area contributed by atoms with Gasteiger partial charge in [-0.2, -0.15) is 0 Å². The van der Waals surface area contributed by atoms with Gasteiger partial charge in [0.25, 0.3) is 0 Å². The fourth-order valence-electron chi connectivity index (χ4n) is 10.4. The van der Waals surface area contributed by atoms with Gasteiger partial charge in [0.1, 0.15) is 11.2 Å². The van der Waals surface area contributed by atoms with E-state index in [0.717, 1.165) is 32.4 Å². The Labute approximate surface area is 173 Å². The van der Waals surface area contributed by atoms with Crippen molar-refractivity contribution in [3.8, 4) is 0 Å². The van der Waals surface area contributed by atoms with Crippen molar-refractivity contribution in [3.63, 3.8) is 0 Å². The van der Waals surface area contributed by atoms with E-state index >= 15 is 0 Å². The molecule has 5 aliphatic carbocycles. The molecule has 1 aliphatic heterocycles. The van der Waals surface area contributed by atoms with Gasteiger partial charge in [0.05, 0.1) is 18.3 Å². The van der Waals surface area contributed by atoms with E-state index < -0.39 is 23.4 Å². The van der Waals surface area contributed by atoms with Gasteiger partial charge in [0.2, 0.25) is 0 Å². The van der Waals surface area contributed by atoms with Crippen molar-refractivity contribution in [1.29, 1.82) is 0 Å². The summed E-state index contributed by atoms with van der Waals surface area (Å²) in [6.45, 7) is 6.40. The van der Waals surface area contributed by atoms with Gasteiger partial charge in [-0.3, -0.25) is 4.90 Å². The first-order valence-electron chi connectivity index (χ1n) is 11.7. The Morgan fingerprint density at radius 1 is 1.17 bits per heavy atom. The van der Waals surface area contributed by atoms with Crippen LogP contribution in [0.25, 0.3) is 0 Å². The topological polar surface area (TPSA) is 82.4 Å². The van der Waals surface area contributed by atoms with E-state index in [2.05, 4.69) is 18.7 Å². The molecule has 0 aromatic carbocycles. The molecule has 164 valence electrons. The number of hydrogen-bond donors (Lipinski definition) is 3. The molecular formula is C23H37NO5. The van der Waals surface area contributed by atoms with Crippen molar-refractivity contribution in [2.24, 2.45) is 34.5 Å². The number of hydrogen-bond acceptors (Lipinski definition) is 6. The van der Waals surface area contributed by atoms with Gasteiger partial charge in [0.15, 0.2) is 0 Å². The first-order valence-corrected chi connectivity index (χ1v) is 11.7. The molecule has 0 aromatic heterocycles. The van der Waals surface area contributed by atoms with Gasteiger partial charge in [0, 0.05) is 50.5 Å². The molecule has 5 saturated carbocycles. The maximum Gasteiger partial charge on any atom is 0.110 e. The zero-order valence-corrected chi connectivity index (χ0v) is 18.2. The number of methoxy groups -OCH3 is 2. The highest BCUT2D eigenvalue weighted by Crippen LogP contribution is 2.80. The quantitative estimate of drug-likeness (QED) is 0.648. The molecule has 1 spiro atoms. The van der Waals surface area contributed by atoms with Gasteiger partial charge >= 0.3 is 0 Å². The lowest BCUT2D eigenvalue weighted by Crippen LogP contribution is -2.81. The number of aliphatic hydroxyl groups excluding tert-OH is 2. The first kappa shape index (κ1) is 19.4. The summed E-state index contributed by atoms with van der Waals surface area (Å²) in [6.07, 6.45) is 2.87. The van der Waals surface area contributed by atoms with Crippen LogP contribution in [-0.4, -0.2) is 83.1 Å². The van der Waals surface area contributed by atoms with Gasteiger partial charge in [-0.15, -0.1) is 0 Å². The number of piperidine rings is 1. The van der Waals surface area contributed by atoms with Gasteiger partial charge in [-0.25, -0.2) is 0 Å². The molecule has 0 amide bonds. The Kier molecular flexibility index (Phi) is 3.73. The van der Waals surface area contributed by atoms with Crippen LogP contribution in [0.3, 0.4) is 0 Å². The van der Waals surface area contributed by atoms with Crippen LogP contribution in [0.5, 0.6) is 0 Å². The van der Waals surface area contributed by atoms with Crippen LogP contribution in [0.1, 0.15) is 46.0 Å². The highest BCUT2D eigenvalue weighted by atomic mass is 16.5. The summed E-state index contributed by atoms with van der Waals surface area (Å²) in [5, 5.41) is 35.8. The lowest BCUT2D eigenvalue weighted by Gasteiger charge is -2.70. The highest BCUT2D eigenvalue weighted by molar-refractivity contribution is 5.38. The van der Waals surface area contributed by atoms with Crippen molar-refractivity contribution in [1.82, 2.24) is 4.90 Å². The fraction of sp³-hybridized carbons (Fsp3) is 1.00. The molecule has 29 heavy (non-hydrogen) atoms. The molecule has 0 radical (unpaired) electrons. The second-order valence-electron chi connectivity index (χ2n) is 11.4. The molecule has 6 nitrogen and oxygen atoms in total. The maximum atomic E-state index is 12.6. The Bertz CT molecular complexity index is 734. The molecule has 6 aliphatic rings. The number of likely N-dealkylation sites (tertiary alicyclic amines) is 1. The number of rotatable bonds is 3. The third-order valence-electron chi connectivity index (χ3n) is 11.1. The maximum absolute atomic E-state index is 12.6. The molecule has 6 heteroatoms. The average Bonchev–Trinajstić information content (AvgIpc) is 3.07. The van der Waals surface area contributed by atoms with Crippen molar-refractivity contribution in [2.45, 2.75) is 81.5 Å². The molecule has 3 N–H and O–H groups in total. The van der Waals surface area contributed by atoms with Crippen molar-refractivity contribution < 1.29 is 24.8 Å². The monoisotopic (exact) mass is 407 g/mol. The lowest BCUT2D eigenvalue weighted by atomic mass is 9.43. The fourth-order valence-corrected chi connectivity index (χ4v) is 10.4. The van der Waals surface area contributed by atoms with Gasteiger partial charge < -0.3 is 24.8 Å². The van der Waals surface area contributed by atoms with Crippen LogP contribution < -0.4 is 0 Å². The van der Waals surface area contributed by atoms with Crippen molar-refractivity contribution in [3.05, 3.63) is 0 Å². The second-order valence-corrected chi connectivity index (χ2v) is 11.4. The van der Waals surface area contributed by atoms with E-state index in [-0.39, 0.29) is 46.6 Å². The lowest BCUT2D eigenvalue weighted by molar-refractivity contribution is -0.316. The summed E-state index contributed by atoms with van der Waals surface area (Å²) >= 11 is 0. The summed E-state index contributed by atoms with van der Waals surface area (Å²) < 4.78 is 12.2.